The van der Waals surface area contributed by atoms with Gasteiger partial charge in [-0.1, -0.05) is 199 Å². The van der Waals surface area contributed by atoms with E-state index in [1.807, 2.05) is 0 Å². The minimum absolute atomic E-state index is 0.0474. The van der Waals surface area contributed by atoms with Crippen molar-refractivity contribution in [2.45, 2.75) is 57.8 Å². The molecule has 12 rings (SSSR count). The van der Waals surface area contributed by atoms with Crippen LogP contribution in [0, 0.1) is 0 Å². The molecule has 3 aliphatic carbocycles. The molecule has 0 saturated carbocycles. The average molecular weight is 822 g/mol. The lowest BCUT2D eigenvalue weighted by Crippen LogP contribution is -2.19. The Morgan fingerprint density at radius 3 is 1.27 bits per heavy atom. The zero-order chi connectivity index (χ0) is 43.5. The van der Waals surface area contributed by atoms with Crippen molar-refractivity contribution in [3.63, 3.8) is 0 Å². The maximum absolute atomic E-state index is 2.56. The van der Waals surface area contributed by atoms with Gasteiger partial charge in [0.2, 0.25) is 0 Å². The van der Waals surface area contributed by atoms with E-state index in [4.69, 9.17) is 0 Å². The van der Waals surface area contributed by atoms with E-state index in [1.165, 1.54) is 100 Å². The van der Waals surface area contributed by atoms with Crippen molar-refractivity contribution < 1.29 is 0 Å². The van der Waals surface area contributed by atoms with E-state index in [0.29, 0.717) is 0 Å². The first-order chi connectivity index (χ1) is 31.0. The van der Waals surface area contributed by atoms with Crippen molar-refractivity contribution in [2.24, 2.45) is 0 Å². The molecule has 3 aliphatic rings. The molecule has 0 radical (unpaired) electrons. The highest BCUT2D eigenvalue weighted by molar-refractivity contribution is 6.04. The molecule has 1 nitrogen and oxygen atoms in total. The van der Waals surface area contributed by atoms with E-state index >= 15 is 0 Å². The Kier molecular flexibility index (Phi) is 8.35. The summed E-state index contributed by atoms with van der Waals surface area (Å²) in [6, 6.07) is 74.9. The Labute approximate surface area is 378 Å². The molecule has 9 aromatic carbocycles. The lowest BCUT2D eigenvalue weighted by Gasteiger charge is -2.29. The van der Waals surface area contributed by atoms with Crippen LogP contribution in [0.3, 0.4) is 0 Å². The van der Waals surface area contributed by atoms with Crippen LogP contribution in [0.25, 0.3) is 66.8 Å². The first-order valence-electron chi connectivity index (χ1n) is 22.8. The van der Waals surface area contributed by atoms with Crippen molar-refractivity contribution in [3.05, 3.63) is 234 Å². The van der Waals surface area contributed by atoms with Crippen LogP contribution in [-0.2, 0) is 16.2 Å². The van der Waals surface area contributed by atoms with E-state index in [0.717, 1.165) is 17.1 Å². The van der Waals surface area contributed by atoms with Crippen molar-refractivity contribution in [1.82, 2.24) is 0 Å². The van der Waals surface area contributed by atoms with E-state index in [2.05, 4.69) is 247 Å². The van der Waals surface area contributed by atoms with Crippen molar-refractivity contribution in [1.29, 1.82) is 0 Å². The summed E-state index contributed by atoms with van der Waals surface area (Å²) in [6.45, 7) is 14.4. The van der Waals surface area contributed by atoms with Gasteiger partial charge in [0.25, 0.3) is 0 Å². The van der Waals surface area contributed by atoms with Crippen LogP contribution in [0.4, 0.5) is 17.1 Å². The fraction of sp³-hybridized carbons (Fsp3) is 0.143. The Morgan fingerprint density at radius 2 is 0.641 bits per heavy atom. The van der Waals surface area contributed by atoms with Gasteiger partial charge in [0.1, 0.15) is 0 Å². The number of hydrogen-bond acceptors (Lipinski definition) is 1. The highest BCUT2D eigenvalue weighted by Gasteiger charge is 2.44. The summed E-state index contributed by atoms with van der Waals surface area (Å²) in [4.78, 5) is 2.44. The van der Waals surface area contributed by atoms with Crippen LogP contribution >= 0.6 is 0 Å². The van der Waals surface area contributed by atoms with Gasteiger partial charge in [0.05, 0.1) is 0 Å². The molecular weight excluding hydrogens is 771 g/mol. The summed E-state index contributed by atoms with van der Waals surface area (Å²) < 4.78 is 0. The number of anilines is 3. The Hall–Kier alpha value is -7.22. The second-order valence-corrected chi connectivity index (χ2v) is 19.7. The monoisotopic (exact) mass is 821 g/mol. The fourth-order valence-corrected chi connectivity index (χ4v) is 11.6. The molecule has 1 heteroatoms. The highest BCUT2D eigenvalue weighted by Crippen LogP contribution is 2.61. The summed E-state index contributed by atoms with van der Waals surface area (Å²) in [5.74, 6) is 0. The van der Waals surface area contributed by atoms with Gasteiger partial charge in [-0.15, -0.1) is 0 Å². The summed E-state index contributed by atoms with van der Waals surface area (Å²) in [6.07, 6.45) is 0. The Bertz CT molecular complexity index is 3310. The maximum atomic E-state index is 2.56. The van der Waals surface area contributed by atoms with Crippen molar-refractivity contribution in [3.8, 4) is 66.8 Å². The smallest absolute Gasteiger partial charge is 0.0465 e. The molecule has 0 atom stereocenters. The molecular formula is C63H51N. The molecule has 0 bridgehead atoms. The maximum Gasteiger partial charge on any atom is 0.0465 e. The third kappa shape index (κ3) is 5.56. The van der Waals surface area contributed by atoms with Gasteiger partial charge in [-0.3, -0.25) is 0 Å². The molecule has 0 unspecified atom stereocenters. The van der Waals surface area contributed by atoms with Crippen LogP contribution in [0.5, 0.6) is 0 Å². The SMILES string of the molecule is CC1(C)c2ccccc2-c2ccc(-c3ccc(N(c4ccc(-c5ccccc5)cc4)c4ccc5c(c4)C(C)(C)c4cc6c(c(-c7ccccc7)c4-5)-c4ccccc4C6(C)C)cc3)cc21. The number of nitrogens with zero attached hydrogens (tertiary/aromatic N) is 1. The standard InChI is InChI=1S/C63H51N/c1-61(2)52-23-15-13-21-48(52)49-35-29-44(37-54(49)61)42-27-32-46(33-28-42)64(45-30-25-41(26-31-45)40-17-9-7-10-18-40)47-34-36-51-55(38-47)63(5,6)57-39-56-59(50-22-14-16-24-53(50)62(56,3)4)58(60(51)57)43-19-11-8-12-20-43/h7-39H,1-6H3. The first kappa shape index (κ1) is 38.5. The van der Waals surface area contributed by atoms with Gasteiger partial charge in [0, 0.05) is 33.3 Å². The van der Waals surface area contributed by atoms with Crippen LogP contribution in [0.2, 0.25) is 0 Å². The molecule has 0 aromatic heterocycles. The van der Waals surface area contributed by atoms with E-state index in [9.17, 15) is 0 Å². The number of benzene rings is 9. The average Bonchev–Trinajstić information content (AvgIpc) is 3.81. The van der Waals surface area contributed by atoms with Gasteiger partial charge in [-0.2, -0.15) is 0 Å². The van der Waals surface area contributed by atoms with Crippen molar-refractivity contribution >= 4 is 17.1 Å². The summed E-state index contributed by atoms with van der Waals surface area (Å²) in [7, 11) is 0. The molecule has 0 spiro atoms. The van der Waals surface area contributed by atoms with Gasteiger partial charge < -0.3 is 4.90 Å². The second kappa shape index (κ2) is 13.9. The van der Waals surface area contributed by atoms with Gasteiger partial charge >= 0.3 is 0 Å². The lowest BCUT2D eigenvalue weighted by molar-refractivity contribution is 0.639. The largest absolute Gasteiger partial charge is 0.310 e. The summed E-state index contributed by atoms with van der Waals surface area (Å²) in [5, 5.41) is 0. The molecule has 0 saturated heterocycles. The highest BCUT2D eigenvalue weighted by atomic mass is 15.1. The van der Waals surface area contributed by atoms with E-state index < -0.39 is 0 Å². The second-order valence-electron chi connectivity index (χ2n) is 19.7. The third-order valence-electron chi connectivity index (χ3n) is 15.1. The molecule has 9 aromatic rings. The molecule has 0 aliphatic heterocycles. The Balaban J connectivity index is 1.00. The molecule has 0 N–H and O–H groups in total. The topological polar surface area (TPSA) is 3.24 Å². The summed E-state index contributed by atoms with van der Waals surface area (Å²) >= 11 is 0. The quantitative estimate of drug-likeness (QED) is 0.161. The molecule has 64 heavy (non-hydrogen) atoms. The first-order valence-corrected chi connectivity index (χ1v) is 22.8. The van der Waals surface area contributed by atoms with Crippen LogP contribution < -0.4 is 4.90 Å². The number of fused-ring (bicyclic) bond motifs is 9. The van der Waals surface area contributed by atoms with Crippen LogP contribution in [-0.4, -0.2) is 0 Å². The van der Waals surface area contributed by atoms with Crippen molar-refractivity contribution in [2.75, 3.05) is 4.90 Å². The normalized spacial score (nSPS) is 15.1. The Morgan fingerprint density at radius 1 is 0.250 bits per heavy atom. The minimum atomic E-state index is -0.238. The fourth-order valence-electron chi connectivity index (χ4n) is 11.6. The van der Waals surface area contributed by atoms with Crippen LogP contribution in [0.15, 0.2) is 200 Å². The van der Waals surface area contributed by atoms with Crippen LogP contribution in [0.1, 0.15) is 74.9 Å². The molecule has 0 fully saturated rings. The third-order valence-corrected chi connectivity index (χ3v) is 15.1. The predicted octanol–water partition coefficient (Wildman–Crippen LogP) is 17.1. The lowest BCUT2D eigenvalue weighted by atomic mass is 9.76. The summed E-state index contributed by atoms with van der Waals surface area (Å²) in [5.41, 5.74) is 27.0. The minimum Gasteiger partial charge on any atom is -0.310 e. The molecule has 0 amide bonds. The van der Waals surface area contributed by atoms with Gasteiger partial charge in [-0.25, -0.2) is 0 Å². The zero-order valence-electron chi connectivity index (χ0n) is 37.5. The van der Waals surface area contributed by atoms with Gasteiger partial charge in [-0.05, 0) is 143 Å². The number of hydrogen-bond donors (Lipinski definition) is 0. The van der Waals surface area contributed by atoms with E-state index in [1.54, 1.807) is 0 Å². The predicted molar refractivity (Wildman–Crippen MR) is 270 cm³/mol. The van der Waals surface area contributed by atoms with E-state index in [-0.39, 0.29) is 16.2 Å². The molecule has 0 heterocycles. The molecule has 308 valence electrons. The zero-order valence-corrected chi connectivity index (χ0v) is 37.5. The van der Waals surface area contributed by atoms with Gasteiger partial charge in [0.15, 0.2) is 0 Å². The number of rotatable bonds is 6.